The third-order valence-electron chi connectivity index (χ3n) is 2.23. The summed E-state index contributed by atoms with van der Waals surface area (Å²) >= 11 is 0. The summed E-state index contributed by atoms with van der Waals surface area (Å²) in [5, 5.41) is 0. The zero-order valence-electron chi connectivity index (χ0n) is 9.45. The van der Waals surface area contributed by atoms with E-state index in [1.54, 1.807) is 0 Å². The van der Waals surface area contributed by atoms with Crippen LogP contribution in [0.2, 0.25) is 0 Å². The summed E-state index contributed by atoms with van der Waals surface area (Å²) in [6, 6.07) is 0. The molecule has 0 saturated heterocycles. The van der Waals surface area contributed by atoms with Gasteiger partial charge in [-0.15, -0.1) is 0 Å². The number of ether oxygens (including phenoxy) is 1. The van der Waals surface area contributed by atoms with Gasteiger partial charge in [-0.05, 0) is 6.42 Å². The van der Waals surface area contributed by atoms with Crippen LogP contribution in [0.15, 0.2) is 0 Å². The van der Waals surface area contributed by atoms with Crippen molar-refractivity contribution in [2.24, 2.45) is 5.92 Å². The van der Waals surface area contributed by atoms with Gasteiger partial charge in [0.2, 0.25) is 0 Å². The third kappa shape index (κ3) is 3.49. The van der Waals surface area contributed by atoms with Crippen LogP contribution in [-0.2, 0) is 9.53 Å². The second-order valence-electron chi connectivity index (χ2n) is 3.69. The fourth-order valence-electron chi connectivity index (χ4n) is 0.769. The topological polar surface area (TPSA) is 26.3 Å². The van der Waals surface area contributed by atoms with E-state index >= 15 is 0 Å². The number of halogens is 7. The SMILES string of the molecule is CCC(C)C(=O)OCC(F)(F)C(F)(F)C(F)(F)F. The lowest BCUT2D eigenvalue weighted by molar-refractivity contribution is -0.360. The molecule has 9 heteroatoms. The van der Waals surface area contributed by atoms with Gasteiger partial charge < -0.3 is 4.74 Å². The van der Waals surface area contributed by atoms with Gasteiger partial charge in [-0.2, -0.15) is 30.7 Å². The van der Waals surface area contributed by atoms with Crippen LogP contribution in [0.3, 0.4) is 0 Å². The van der Waals surface area contributed by atoms with Gasteiger partial charge in [-0.1, -0.05) is 13.8 Å². The molecule has 0 aliphatic rings. The summed E-state index contributed by atoms with van der Waals surface area (Å²) in [6.07, 6.45) is -6.24. The Hall–Kier alpha value is -1.02. The first kappa shape index (κ1) is 17.0. The molecule has 0 aromatic rings. The molecule has 1 atom stereocenters. The van der Waals surface area contributed by atoms with E-state index in [9.17, 15) is 35.5 Å². The maximum absolute atomic E-state index is 12.7. The lowest BCUT2D eigenvalue weighted by Gasteiger charge is -2.27. The summed E-state index contributed by atoms with van der Waals surface area (Å²) in [5.41, 5.74) is 0. The fraction of sp³-hybridized carbons (Fsp3) is 0.889. The molecule has 0 spiro atoms. The average Bonchev–Trinajstić information content (AvgIpc) is 2.22. The number of carbonyl (C=O) groups is 1. The highest BCUT2D eigenvalue weighted by Crippen LogP contribution is 2.46. The molecular formula is C9H11F7O2. The maximum atomic E-state index is 12.7. The van der Waals surface area contributed by atoms with E-state index in [1.807, 2.05) is 0 Å². The average molecular weight is 284 g/mol. The summed E-state index contributed by atoms with van der Waals surface area (Å²) in [4.78, 5) is 10.9. The molecule has 0 bridgehead atoms. The molecule has 0 aromatic heterocycles. The van der Waals surface area contributed by atoms with Gasteiger partial charge in [-0.3, -0.25) is 4.79 Å². The Morgan fingerprint density at radius 3 is 1.89 bits per heavy atom. The van der Waals surface area contributed by atoms with Gasteiger partial charge in [0.1, 0.15) is 0 Å². The van der Waals surface area contributed by atoms with Gasteiger partial charge >= 0.3 is 24.0 Å². The number of hydrogen-bond donors (Lipinski definition) is 0. The summed E-state index contributed by atoms with van der Waals surface area (Å²) in [5.74, 6) is -13.9. The molecule has 0 N–H and O–H groups in total. The molecule has 108 valence electrons. The largest absolute Gasteiger partial charge is 0.460 e. The zero-order chi connectivity index (χ0) is 14.8. The van der Waals surface area contributed by atoms with E-state index in [0.717, 1.165) is 0 Å². The minimum absolute atomic E-state index is 0.181. The van der Waals surface area contributed by atoms with E-state index < -0.39 is 36.5 Å². The first-order chi connectivity index (χ1) is 7.87. The van der Waals surface area contributed by atoms with E-state index in [2.05, 4.69) is 4.74 Å². The molecule has 0 saturated carbocycles. The van der Waals surface area contributed by atoms with Crippen LogP contribution in [0.5, 0.6) is 0 Å². The smallest absolute Gasteiger partial charge is 0.459 e. The Labute approximate surface area is 98.1 Å². The van der Waals surface area contributed by atoms with Gasteiger partial charge in [0.25, 0.3) is 0 Å². The van der Waals surface area contributed by atoms with Crippen LogP contribution in [0, 0.1) is 5.92 Å². The lowest BCUT2D eigenvalue weighted by atomic mass is 10.1. The minimum atomic E-state index is -6.42. The van der Waals surface area contributed by atoms with Crippen LogP contribution in [-0.4, -0.2) is 30.6 Å². The third-order valence-corrected chi connectivity index (χ3v) is 2.23. The van der Waals surface area contributed by atoms with Crippen molar-refractivity contribution in [3.63, 3.8) is 0 Å². The van der Waals surface area contributed by atoms with Crippen molar-refractivity contribution >= 4 is 5.97 Å². The summed E-state index contributed by atoms with van der Waals surface area (Å²) in [6.45, 7) is 0.444. The van der Waals surface area contributed by atoms with Crippen molar-refractivity contribution in [2.45, 2.75) is 38.3 Å². The highest BCUT2D eigenvalue weighted by Gasteiger charge is 2.73. The molecule has 0 radical (unpaired) electrons. The fourth-order valence-corrected chi connectivity index (χ4v) is 0.769. The maximum Gasteiger partial charge on any atom is 0.460 e. The predicted octanol–water partition coefficient (Wildman–Crippen LogP) is 3.41. The van der Waals surface area contributed by atoms with Crippen LogP contribution < -0.4 is 0 Å². The lowest BCUT2D eigenvalue weighted by Crippen LogP contribution is -2.54. The van der Waals surface area contributed by atoms with Crippen molar-refractivity contribution in [1.82, 2.24) is 0 Å². The number of esters is 1. The van der Waals surface area contributed by atoms with Crippen LogP contribution in [0.4, 0.5) is 30.7 Å². The summed E-state index contributed by atoms with van der Waals surface area (Å²) in [7, 11) is 0. The first-order valence-corrected chi connectivity index (χ1v) is 4.85. The Balaban J connectivity index is 4.73. The number of hydrogen-bond acceptors (Lipinski definition) is 2. The van der Waals surface area contributed by atoms with Crippen molar-refractivity contribution in [3.8, 4) is 0 Å². The predicted molar refractivity (Wildman–Crippen MR) is 46.4 cm³/mol. The van der Waals surface area contributed by atoms with Crippen molar-refractivity contribution < 1.29 is 40.3 Å². The molecule has 18 heavy (non-hydrogen) atoms. The molecule has 0 amide bonds. The van der Waals surface area contributed by atoms with Crippen molar-refractivity contribution in [1.29, 1.82) is 0 Å². The first-order valence-electron chi connectivity index (χ1n) is 4.85. The highest BCUT2D eigenvalue weighted by molar-refractivity contribution is 5.71. The van der Waals surface area contributed by atoms with Gasteiger partial charge in [-0.25, -0.2) is 0 Å². The molecule has 0 fully saturated rings. The Bertz CT molecular complexity index is 298. The Kier molecular flexibility index (Phi) is 5.01. The van der Waals surface area contributed by atoms with Gasteiger partial charge in [0.15, 0.2) is 6.61 Å². The van der Waals surface area contributed by atoms with E-state index in [-0.39, 0.29) is 6.42 Å². The van der Waals surface area contributed by atoms with E-state index in [0.29, 0.717) is 0 Å². The minimum Gasteiger partial charge on any atom is -0.459 e. The normalized spacial score (nSPS) is 15.4. The van der Waals surface area contributed by atoms with Gasteiger partial charge in [0, 0.05) is 0 Å². The molecule has 0 heterocycles. The molecule has 0 rings (SSSR count). The standard InChI is InChI=1S/C9H11F7O2/c1-3-5(2)6(17)18-4-7(10,11)8(12,13)9(14,15)16/h5H,3-4H2,1-2H3. The summed E-state index contributed by atoms with van der Waals surface area (Å²) < 4.78 is 89.0. The Morgan fingerprint density at radius 2 is 1.56 bits per heavy atom. The van der Waals surface area contributed by atoms with Crippen molar-refractivity contribution in [3.05, 3.63) is 0 Å². The molecule has 0 aliphatic heterocycles. The number of alkyl halides is 7. The molecule has 1 unspecified atom stereocenters. The van der Waals surface area contributed by atoms with Crippen LogP contribution in [0.25, 0.3) is 0 Å². The molecule has 0 aromatic carbocycles. The highest BCUT2D eigenvalue weighted by atomic mass is 19.4. The number of carbonyl (C=O) groups excluding carboxylic acids is 1. The van der Waals surface area contributed by atoms with Crippen molar-refractivity contribution in [2.75, 3.05) is 6.61 Å². The van der Waals surface area contributed by atoms with Gasteiger partial charge in [0.05, 0.1) is 5.92 Å². The second kappa shape index (κ2) is 5.31. The second-order valence-corrected chi connectivity index (χ2v) is 3.69. The molecule has 0 aliphatic carbocycles. The Morgan fingerprint density at radius 1 is 1.11 bits per heavy atom. The van der Waals surface area contributed by atoms with E-state index in [1.165, 1.54) is 13.8 Å². The monoisotopic (exact) mass is 284 g/mol. The van der Waals surface area contributed by atoms with Crippen LogP contribution in [0.1, 0.15) is 20.3 Å². The number of rotatable bonds is 5. The van der Waals surface area contributed by atoms with E-state index in [4.69, 9.17) is 0 Å². The molecule has 2 nitrogen and oxygen atoms in total. The van der Waals surface area contributed by atoms with Crippen LogP contribution >= 0.6 is 0 Å². The quantitative estimate of drug-likeness (QED) is 0.571. The zero-order valence-corrected chi connectivity index (χ0v) is 9.45. The molecular weight excluding hydrogens is 273 g/mol.